The first kappa shape index (κ1) is 18.6. The summed E-state index contributed by atoms with van der Waals surface area (Å²) in [5, 5.41) is 20.0. The summed E-state index contributed by atoms with van der Waals surface area (Å²) in [4.78, 5) is 10.1. The van der Waals surface area contributed by atoms with Gasteiger partial charge in [0, 0.05) is 17.5 Å². The summed E-state index contributed by atoms with van der Waals surface area (Å²) in [7, 11) is -4.45. The van der Waals surface area contributed by atoms with Gasteiger partial charge in [-0.05, 0) is 42.5 Å². The third-order valence-electron chi connectivity index (χ3n) is 4.18. The van der Waals surface area contributed by atoms with E-state index in [0.717, 1.165) is 0 Å². The maximum atomic E-state index is 11.8. The first-order valence-corrected chi connectivity index (χ1v) is 9.29. The van der Waals surface area contributed by atoms with Crippen LogP contribution in [-0.2, 0) is 10.1 Å². The summed E-state index contributed by atoms with van der Waals surface area (Å²) in [6.45, 7) is 3.44. The smallest absolute Gasteiger partial charge is 0.282 e. The Labute approximate surface area is 155 Å². The Hall–Kier alpha value is -3.17. The van der Waals surface area contributed by atoms with Gasteiger partial charge in [0.25, 0.3) is 15.8 Å². The van der Waals surface area contributed by atoms with Crippen LogP contribution < -0.4 is 0 Å². The van der Waals surface area contributed by atoms with E-state index in [2.05, 4.69) is 10.2 Å². The van der Waals surface area contributed by atoms with E-state index < -0.39 is 15.0 Å². The minimum absolute atomic E-state index is 0.0537. The van der Waals surface area contributed by atoms with Gasteiger partial charge in [0.15, 0.2) is 0 Å². The molecule has 0 atom stereocenters. The Morgan fingerprint density at radius 1 is 0.963 bits per heavy atom. The fraction of sp³-hybridized carbons (Fsp3) is 0.111. The number of non-ortho nitro benzene ring substituents is 1. The second-order valence-electron chi connectivity index (χ2n) is 5.97. The van der Waals surface area contributed by atoms with Crippen molar-refractivity contribution in [3.05, 3.63) is 69.8 Å². The average Bonchev–Trinajstić information content (AvgIpc) is 2.61. The van der Waals surface area contributed by atoms with Gasteiger partial charge < -0.3 is 0 Å². The first-order chi connectivity index (χ1) is 12.7. The van der Waals surface area contributed by atoms with Gasteiger partial charge in [-0.3, -0.25) is 14.7 Å². The molecule has 3 aromatic rings. The number of fused-ring (bicyclic) bond motifs is 1. The molecular formula is C18H15N3O5S. The zero-order chi connectivity index (χ0) is 19.8. The quantitative estimate of drug-likeness (QED) is 0.292. The number of benzene rings is 3. The minimum atomic E-state index is -4.45. The molecule has 0 aliphatic heterocycles. The Morgan fingerprint density at radius 3 is 2.19 bits per heavy atom. The Bertz CT molecular complexity index is 1200. The summed E-state index contributed by atoms with van der Waals surface area (Å²) >= 11 is 0. The topological polar surface area (TPSA) is 122 Å². The standard InChI is InChI=1S/C18H15N3O5S/c1-11-9-13(21(22)23)7-8-16(11)19-20-17-10-18(27(24,25)26)15-6-4-3-5-14(15)12(17)2/h3-10H,1-2H3,(H,24,25,26). The lowest BCUT2D eigenvalue weighted by Gasteiger charge is -2.09. The second-order valence-corrected chi connectivity index (χ2v) is 7.36. The molecule has 27 heavy (non-hydrogen) atoms. The van der Waals surface area contributed by atoms with Crippen LogP contribution in [0, 0.1) is 24.0 Å². The third-order valence-corrected chi connectivity index (χ3v) is 5.08. The number of hydrogen-bond acceptors (Lipinski definition) is 6. The lowest BCUT2D eigenvalue weighted by molar-refractivity contribution is -0.384. The van der Waals surface area contributed by atoms with Crippen molar-refractivity contribution in [1.29, 1.82) is 0 Å². The van der Waals surface area contributed by atoms with E-state index in [9.17, 15) is 23.1 Å². The molecule has 0 amide bonds. The van der Waals surface area contributed by atoms with Crippen molar-refractivity contribution in [3.63, 3.8) is 0 Å². The highest BCUT2D eigenvalue weighted by Gasteiger charge is 2.18. The SMILES string of the molecule is Cc1cc([N+](=O)[O-])ccc1N=Nc1cc(S(=O)(=O)O)c2ccccc2c1C. The van der Waals surface area contributed by atoms with Gasteiger partial charge in [-0.1, -0.05) is 24.3 Å². The van der Waals surface area contributed by atoms with Gasteiger partial charge in [-0.25, -0.2) is 0 Å². The zero-order valence-electron chi connectivity index (χ0n) is 14.4. The molecule has 0 aliphatic carbocycles. The van der Waals surface area contributed by atoms with Crippen LogP contribution in [0.5, 0.6) is 0 Å². The summed E-state index contributed by atoms with van der Waals surface area (Å²) in [6.07, 6.45) is 0. The van der Waals surface area contributed by atoms with Crippen LogP contribution in [0.2, 0.25) is 0 Å². The summed E-state index contributed by atoms with van der Waals surface area (Å²) < 4.78 is 33.1. The molecule has 0 aromatic heterocycles. The molecule has 0 bridgehead atoms. The van der Waals surface area contributed by atoms with E-state index in [1.54, 1.807) is 38.1 Å². The minimum Gasteiger partial charge on any atom is -0.282 e. The molecule has 0 heterocycles. The molecule has 0 unspecified atom stereocenters. The van der Waals surface area contributed by atoms with Crippen LogP contribution >= 0.6 is 0 Å². The van der Waals surface area contributed by atoms with Crippen molar-refractivity contribution in [2.24, 2.45) is 10.2 Å². The molecule has 138 valence electrons. The highest BCUT2D eigenvalue weighted by Crippen LogP contribution is 2.34. The number of aryl methyl sites for hydroxylation is 2. The van der Waals surface area contributed by atoms with E-state index in [0.29, 0.717) is 27.6 Å². The fourth-order valence-electron chi connectivity index (χ4n) is 2.76. The summed E-state index contributed by atoms with van der Waals surface area (Å²) in [6, 6.07) is 12.2. The van der Waals surface area contributed by atoms with Gasteiger partial charge in [0.2, 0.25) is 0 Å². The molecule has 3 rings (SSSR count). The molecule has 8 nitrogen and oxygen atoms in total. The highest BCUT2D eigenvalue weighted by atomic mass is 32.2. The largest absolute Gasteiger partial charge is 0.295 e. The van der Waals surface area contributed by atoms with Gasteiger partial charge in [-0.2, -0.15) is 18.6 Å². The van der Waals surface area contributed by atoms with E-state index in [1.807, 2.05) is 0 Å². The van der Waals surface area contributed by atoms with Crippen molar-refractivity contribution >= 4 is 38.0 Å². The van der Waals surface area contributed by atoms with Crippen molar-refractivity contribution in [3.8, 4) is 0 Å². The van der Waals surface area contributed by atoms with Crippen LogP contribution in [0.3, 0.4) is 0 Å². The van der Waals surface area contributed by atoms with Crippen LogP contribution in [0.1, 0.15) is 11.1 Å². The number of hydrogen-bond donors (Lipinski definition) is 1. The number of azo groups is 1. The number of nitro benzene ring substituents is 1. The Morgan fingerprint density at radius 2 is 1.59 bits per heavy atom. The maximum Gasteiger partial charge on any atom is 0.295 e. The van der Waals surface area contributed by atoms with Crippen molar-refractivity contribution < 1.29 is 17.9 Å². The third kappa shape index (κ3) is 3.69. The molecule has 0 radical (unpaired) electrons. The predicted molar refractivity (Wildman–Crippen MR) is 101 cm³/mol. The van der Waals surface area contributed by atoms with Crippen LogP contribution in [-0.4, -0.2) is 17.9 Å². The van der Waals surface area contributed by atoms with E-state index in [4.69, 9.17) is 0 Å². The molecule has 0 fully saturated rings. The normalized spacial score (nSPS) is 12.0. The van der Waals surface area contributed by atoms with Gasteiger partial charge in [-0.15, -0.1) is 0 Å². The molecule has 0 spiro atoms. The lowest BCUT2D eigenvalue weighted by Crippen LogP contribution is -2.00. The van der Waals surface area contributed by atoms with Crippen molar-refractivity contribution in [2.45, 2.75) is 18.7 Å². The maximum absolute atomic E-state index is 11.8. The first-order valence-electron chi connectivity index (χ1n) is 7.85. The molecule has 9 heteroatoms. The van der Waals surface area contributed by atoms with E-state index in [1.165, 1.54) is 24.3 Å². The Balaban J connectivity index is 2.14. The monoisotopic (exact) mass is 385 g/mol. The lowest BCUT2D eigenvalue weighted by atomic mass is 10.0. The van der Waals surface area contributed by atoms with E-state index in [-0.39, 0.29) is 16.3 Å². The number of rotatable bonds is 4. The van der Waals surface area contributed by atoms with Crippen LogP contribution in [0.25, 0.3) is 10.8 Å². The van der Waals surface area contributed by atoms with Gasteiger partial charge in [0.1, 0.15) is 4.90 Å². The number of nitro groups is 1. The summed E-state index contributed by atoms with van der Waals surface area (Å²) in [5.74, 6) is 0. The predicted octanol–water partition coefficient (Wildman–Crippen LogP) is 5.03. The average molecular weight is 385 g/mol. The molecule has 1 N–H and O–H groups in total. The van der Waals surface area contributed by atoms with Gasteiger partial charge >= 0.3 is 0 Å². The molecule has 0 aliphatic rings. The zero-order valence-corrected chi connectivity index (χ0v) is 15.3. The Kier molecular flexibility index (Phi) is 4.73. The molecule has 3 aromatic carbocycles. The molecular weight excluding hydrogens is 370 g/mol. The molecule has 0 saturated heterocycles. The summed E-state index contributed by atoms with van der Waals surface area (Å²) in [5.41, 5.74) is 1.89. The highest BCUT2D eigenvalue weighted by molar-refractivity contribution is 7.86. The van der Waals surface area contributed by atoms with Crippen LogP contribution in [0.4, 0.5) is 17.1 Å². The second kappa shape index (κ2) is 6.86. The van der Waals surface area contributed by atoms with Gasteiger partial charge in [0.05, 0.1) is 16.3 Å². The van der Waals surface area contributed by atoms with Crippen molar-refractivity contribution in [2.75, 3.05) is 0 Å². The molecule has 0 saturated carbocycles. The van der Waals surface area contributed by atoms with Crippen molar-refractivity contribution in [1.82, 2.24) is 0 Å². The van der Waals surface area contributed by atoms with Crippen LogP contribution in [0.15, 0.2) is 63.7 Å². The van der Waals surface area contributed by atoms with E-state index >= 15 is 0 Å². The fourth-order valence-corrected chi connectivity index (χ4v) is 3.48. The number of nitrogens with zero attached hydrogens (tertiary/aromatic N) is 3.